The topological polar surface area (TPSA) is 41.5 Å². The lowest BCUT2D eigenvalue weighted by atomic mass is 9.85. The van der Waals surface area contributed by atoms with Crippen LogP contribution in [0.2, 0.25) is 0 Å². The highest BCUT2D eigenvalue weighted by molar-refractivity contribution is 6.38. The maximum Gasteiger partial charge on any atom is 0.330 e. The van der Waals surface area contributed by atoms with Crippen LogP contribution in [0.15, 0.2) is 23.5 Å². The Morgan fingerprint density at radius 1 is 1.62 bits per heavy atom. The molecule has 13 heavy (non-hydrogen) atoms. The molecule has 0 fully saturated rings. The van der Waals surface area contributed by atoms with Crippen LogP contribution >= 0.6 is 11.6 Å². The Balaban J connectivity index is 0.000000671. The first-order chi connectivity index (χ1) is 6.27. The Morgan fingerprint density at radius 3 is 2.69 bits per heavy atom. The van der Waals surface area contributed by atoms with Gasteiger partial charge in [0.05, 0.1) is 7.11 Å². The molecular weight excluding hydrogens is 188 g/mol. The summed E-state index contributed by atoms with van der Waals surface area (Å²) in [6.45, 7) is 4.00. The third-order valence-electron chi connectivity index (χ3n) is 1.34. The largest absolute Gasteiger partial charge is 0.496 e. The number of methoxy groups -OCH3 is 1. The molecule has 0 amide bonds. The standard InChI is InChI=1S/C6H8BClNO2.C2H6/c1-11-5-3-9-6(8)2-4(5)7-10;1-2/h2-3,6,9-10H,1H3;1-2H3. The number of dihydropyridines is 1. The van der Waals surface area contributed by atoms with E-state index in [0.717, 1.165) is 7.48 Å². The van der Waals surface area contributed by atoms with E-state index in [9.17, 15) is 0 Å². The van der Waals surface area contributed by atoms with Gasteiger partial charge in [-0.25, -0.2) is 0 Å². The van der Waals surface area contributed by atoms with Gasteiger partial charge in [0.25, 0.3) is 0 Å². The average Bonchev–Trinajstić information content (AvgIpc) is 2.20. The SMILES string of the molecule is CC.COC1=CNC(Cl)C=C1[B]O. The molecule has 0 saturated heterocycles. The van der Waals surface area contributed by atoms with Crippen molar-refractivity contribution in [1.82, 2.24) is 5.32 Å². The monoisotopic (exact) mass is 202 g/mol. The molecule has 73 valence electrons. The summed E-state index contributed by atoms with van der Waals surface area (Å²) in [5, 5.41) is 11.5. The van der Waals surface area contributed by atoms with Crippen LogP contribution in [0, 0.1) is 0 Å². The smallest absolute Gasteiger partial charge is 0.330 e. The van der Waals surface area contributed by atoms with E-state index in [0.29, 0.717) is 11.2 Å². The van der Waals surface area contributed by atoms with Crippen molar-refractivity contribution in [1.29, 1.82) is 0 Å². The summed E-state index contributed by atoms with van der Waals surface area (Å²) >= 11 is 5.69. The van der Waals surface area contributed by atoms with Crippen LogP contribution in [0.1, 0.15) is 13.8 Å². The Kier molecular flexibility index (Phi) is 6.54. The molecule has 0 spiro atoms. The fourth-order valence-corrected chi connectivity index (χ4v) is 1.01. The second kappa shape index (κ2) is 6.86. The van der Waals surface area contributed by atoms with E-state index in [-0.39, 0.29) is 5.50 Å². The highest BCUT2D eigenvalue weighted by Crippen LogP contribution is 2.14. The van der Waals surface area contributed by atoms with Crippen LogP contribution in [0.4, 0.5) is 0 Å². The molecular formula is C8H14BClNO2. The van der Waals surface area contributed by atoms with E-state index in [1.165, 1.54) is 7.11 Å². The molecule has 0 aliphatic carbocycles. The first-order valence-corrected chi connectivity index (χ1v) is 4.55. The highest BCUT2D eigenvalue weighted by atomic mass is 35.5. The van der Waals surface area contributed by atoms with Crippen molar-refractivity contribution >= 4 is 19.1 Å². The number of rotatable bonds is 2. The van der Waals surface area contributed by atoms with Crippen LogP contribution in [-0.2, 0) is 4.74 Å². The quantitative estimate of drug-likeness (QED) is 0.401. The average molecular weight is 202 g/mol. The van der Waals surface area contributed by atoms with Gasteiger partial charge in [-0.3, -0.25) is 0 Å². The maximum absolute atomic E-state index is 8.71. The lowest BCUT2D eigenvalue weighted by Crippen LogP contribution is -2.23. The van der Waals surface area contributed by atoms with Crippen molar-refractivity contribution in [2.45, 2.75) is 19.3 Å². The molecule has 1 atom stereocenters. The summed E-state index contributed by atoms with van der Waals surface area (Å²) in [6, 6.07) is 0. The molecule has 5 heteroatoms. The van der Waals surface area contributed by atoms with Gasteiger partial charge >= 0.3 is 7.48 Å². The first kappa shape index (κ1) is 12.4. The van der Waals surface area contributed by atoms with Crippen LogP contribution in [-0.4, -0.2) is 25.1 Å². The predicted molar refractivity (Wildman–Crippen MR) is 55.3 cm³/mol. The second-order valence-electron chi connectivity index (χ2n) is 2.03. The molecule has 0 bridgehead atoms. The van der Waals surface area contributed by atoms with E-state index < -0.39 is 0 Å². The highest BCUT2D eigenvalue weighted by Gasteiger charge is 2.13. The Morgan fingerprint density at radius 2 is 2.23 bits per heavy atom. The minimum absolute atomic E-state index is 0.285. The van der Waals surface area contributed by atoms with Crippen LogP contribution in [0.25, 0.3) is 0 Å². The molecule has 1 unspecified atom stereocenters. The zero-order valence-electron chi connectivity index (χ0n) is 8.04. The van der Waals surface area contributed by atoms with E-state index in [4.69, 9.17) is 21.4 Å². The van der Waals surface area contributed by atoms with Gasteiger partial charge < -0.3 is 15.1 Å². The molecule has 0 aromatic rings. The van der Waals surface area contributed by atoms with E-state index in [1.807, 2.05) is 13.8 Å². The number of alkyl halides is 1. The van der Waals surface area contributed by atoms with E-state index in [1.54, 1.807) is 12.3 Å². The fourth-order valence-electron chi connectivity index (χ4n) is 0.810. The van der Waals surface area contributed by atoms with Crippen molar-refractivity contribution < 1.29 is 9.76 Å². The molecule has 1 rings (SSSR count). The van der Waals surface area contributed by atoms with Crippen LogP contribution in [0.3, 0.4) is 0 Å². The van der Waals surface area contributed by atoms with Crippen molar-refractivity contribution in [3.63, 3.8) is 0 Å². The second-order valence-corrected chi connectivity index (χ2v) is 2.50. The van der Waals surface area contributed by atoms with Crippen molar-refractivity contribution in [2.75, 3.05) is 7.11 Å². The van der Waals surface area contributed by atoms with Gasteiger partial charge in [-0.05, 0) is 11.5 Å². The molecule has 1 radical (unpaired) electrons. The van der Waals surface area contributed by atoms with Crippen LogP contribution in [0.5, 0.6) is 0 Å². The maximum atomic E-state index is 8.71. The Bertz CT molecular complexity index is 206. The molecule has 1 aliphatic rings. The zero-order valence-corrected chi connectivity index (χ0v) is 8.80. The van der Waals surface area contributed by atoms with Gasteiger partial charge in [0, 0.05) is 6.20 Å². The summed E-state index contributed by atoms with van der Waals surface area (Å²) in [7, 11) is 2.49. The van der Waals surface area contributed by atoms with Gasteiger partial charge in [0.1, 0.15) is 11.3 Å². The minimum Gasteiger partial charge on any atom is -0.496 e. The summed E-state index contributed by atoms with van der Waals surface area (Å²) in [5.41, 5.74) is 0.304. The number of ether oxygens (including phenoxy) is 1. The van der Waals surface area contributed by atoms with Crippen LogP contribution < -0.4 is 5.32 Å². The van der Waals surface area contributed by atoms with Gasteiger partial charge in [-0.2, -0.15) is 0 Å². The Labute approximate surface area is 84.7 Å². The lowest BCUT2D eigenvalue weighted by Gasteiger charge is -2.16. The third kappa shape index (κ3) is 3.74. The molecule has 1 aliphatic heterocycles. The van der Waals surface area contributed by atoms with E-state index >= 15 is 0 Å². The van der Waals surface area contributed by atoms with Gasteiger partial charge in [0.15, 0.2) is 0 Å². The van der Waals surface area contributed by atoms with Crippen molar-refractivity contribution in [3.05, 3.63) is 23.5 Å². The van der Waals surface area contributed by atoms with Gasteiger partial charge in [0.2, 0.25) is 0 Å². The van der Waals surface area contributed by atoms with E-state index in [2.05, 4.69) is 5.32 Å². The predicted octanol–water partition coefficient (Wildman–Crippen LogP) is 1.16. The fraction of sp³-hybridized carbons (Fsp3) is 0.500. The molecule has 3 nitrogen and oxygen atoms in total. The minimum atomic E-state index is -0.285. The zero-order chi connectivity index (χ0) is 10.3. The van der Waals surface area contributed by atoms with Crippen molar-refractivity contribution in [2.24, 2.45) is 0 Å². The van der Waals surface area contributed by atoms with Crippen molar-refractivity contribution in [3.8, 4) is 0 Å². The number of allylic oxidation sites excluding steroid dienone is 1. The number of hydrogen-bond acceptors (Lipinski definition) is 3. The third-order valence-corrected chi connectivity index (χ3v) is 1.60. The normalized spacial score (nSPS) is 19.9. The summed E-state index contributed by atoms with van der Waals surface area (Å²) in [6.07, 6.45) is 3.26. The van der Waals surface area contributed by atoms with Gasteiger partial charge in [-0.1, -0.05) is 25.4 Å². The molecule has 0 aromatic carbocycles. The number of hydrogen-bond donors (Lipinski definition) is 2. The molecule has 0 saturated carbocycles. The Hall–Kier alpha value is -0.605. The number of nitrogens with one attached hydrogen (secondary N) is 1. The first-order valence-electron chi connectivity index (χ1n) is 4.12. The molecule has 2 N–H and O–H groups in total. The summed E-state index contributed by atoms with van der Waals surface area (Å²) in [5.74, 6) is 0.574. The molecule has 1 heterocycles. The lowest BCUT2D eigenvalue weighted by molar-refractivity contribution is 0.298. The number of halogens is 1. The summed E-state index contributed by atoms with van der Waals surface area (Å²) in [4.78, 5) is 0. The summed E-state index contributed by atoms with van der Waals surface area (Å²) < 4.78 is 4.92. The van der Waals surface area contributed by atoms with Gasteiger partial charge in [-0.15, -0.1) is 0 Å². The molecule has 0 aromatic heterocycles.